The van der Waals surface area contributed by atoms with Gasteiger partial charge in [0.15, 0.2) is 0 Å². The number of hydrogen-bond donors (Lipinski definition) is 0. The van der Waals surface area contributed by atoms with Gasteiger partial charge in [-0.05, 0) is 51.2 Å². The third-order valence-corrected chi connectivity index (χ3v) is 3.90. The third kappa shape index (κ3) is 3.12. The smallest absolute Gasteiger partial charge is 0.405 e. The first-order valence-corrected chi connectivity index (χ1v) is 6.76. The van der Waals surface area contributed by atoms with Crippen molar-refractivity contribution in [2.75, 3.05) is 0 Å². The minimum absolute atomic E-state index is 0.122. The van der Waals surface area contributed by atoms with Crippen molar-refractivity contribution in [2.45, 2.75) is 45.8 Å². The number of halogens is 1. The minimum Gasteiger partial charge on any atom is -0.405 e. The van der Waals surface area contributed by atoms with Crippen molar-refractivity contribution in [3.63, 3.8) is 0 Å². The van der Waals surface area contributed by atoms with Crippen molar-refractivity contribution < 1.29 is 9.31 Å². The fraction of sp³-hybridized carbons (Fsp3) is 0.538. The molecule has 17 heavy (non-hydrogen) atoms. The van der Waals surface area contributed by atoms with Gasteiger partial charge in [0, 0.05) is 10.6 Å². The highest BCUT2D eigenvalue weighted by Crippen LogP contribution is 2.26. The standard InChI is InChI=1S/C13H18BBrO2/c1-9-7-11(5-6-12(9)15)14-16-10(2)8-13(3,4)17-14/h5-7,10H,8H2,1-4H3/t10-/m1/s1. The molecule has 0 spiro atoms. The van der Waals surface area contributed by atoms with Gasteiger partial charge in [-0.15, -0.1) is 0 Å². The van der Waals surface area contributed by atoms with Crippen LogP contribution in [0, 0.1) is 6.92 Å². The zero-order valence-electron chi connectivity index (χ0n) is 10.8. The summed E-state index contributed by atoms with van der Waals surface area (Å²) in [6.07, 6.45) is 1.16. The summed E-state index contributed by atoms with van der Waals surface area (Å²) in [6, 6.07) is 6.21. The summed E-state index contributed by atoms with van der Waals surface area (Å²) in [7, 11) is -0.249. The second-order valence-electron chi connectivity index (χ2n) is 5.37. The first-order valence-electron chi connectivity index (χ1n) is 5.97. The van der Waals surface area contributed by atoms with Gasteiger partial charge in [0.2, 0.25) is 0 Å². The van der Waals surface area contributed by atoms with E-state index in [1.807, 2.05) is 6.07 Å². The monoisotopic (exact) mass is 296 g/mol. The van der Waals surface area contributed by atoms with E-state index < -0.39 is 0 Å². The summed E-state index contributed by atoms with van der Waals surface area (Å²) in [5.41, 5.74) is 2.17. The first-order chi connectivity index (χ1) is 7.87. The molecule has 0 radical (unpaired) electrons. The molecule has 1 aliphatic heterocycles. The lowest BCUT2D eigenvalue weighted by Crippen LogP contribution is -2.51. The van der Waals surface area contributed by atoms with Crippen LogP contribution in [0.3, 0.4) is 0 Å². The highest BCUT2D eigenvalue weighted by Gasteiger charge is 2.38. The molecule has 1 fully saturated rings. The minimum atomic E-state index is -0.249. The summed E-state index contributed by atoms with van der Waals surface area (Å²) >= 11 is 3.51. The molecule has 0 bridgehead atoms. The van der Waals surface area contributed by atoms with Crippen molar-refractivity contribution in [3.8, 4) is 0 Å². The van der Waals surface area contributed by atoms with Gasteiger partial charge in [-0.3, -0.25) is 0 Å². The van der Waals surface area contributed by atoms with Crippen LogP contribution in [0.25, 0.3) is 0 Å². The summed E-state index contributed by atoms with van der Waals surface area (Å²) < 4.78 is 13.0. The van der Waals surface area contributed by atoms with E-state index in [4.69, 9.17) is 9.31 Å². The maximum absolute atomic E-state index is 5.99. The van der Waals surface area contributed by atoms with E-state index >= 15 is 0 Å². The number of aryl methyl sites for hydroxylation is 1. The zero-order chi connectivity index (χ0) is 12.6. The van der Waals surface area contributed by atoms with Crippen LogP contribution in [0.1, 0.15) is 32.8 Å². The van der Waals surface area contributed by atoms with Crippen LogP contribution < -0.4 is 5.46 Å². The maximum Gasteiger partial charge on any atom is 0.494 e. The molecule has 1 saturated heterocycles. The van der Waals surface area contributed by atoms with E-state index in [1.165, 1.54) is 5.56 Å². The van der Waals surface area contributed by atoms with Gasteiger partial charge in [-0.2, -0.15) is 0 Å². The molecule has 1 aromatic rings. The van der Waals surface area contributed by atoms with E-state index in [2.05, 4.69) is 55.8 Å². The molecule has 1 aliphatic rings. The molecule has 0 N–H and O–H groups in total. The summed E-state index contributed by atoms with van der Waals surface area (Å²) in [4.78, 5) is 0. The van der Waals surface area contributed by atoms with E-state index in [0.29, 0.717) is 0 Å². The lowest BCUT2D eigenvalue weighted by molar-refractivity contribution is -0.0229. The molecular formula is C13H18BBrO2. The lowest BCUT2D eigenvalue weighted by atomic mass is 9.74. The second kappa shape index (κ2) is 4.75. The summed E-state index contributed by atoms with van der Waals surface area (Å²) in [5.74, 6) is 0. The molecule has 92 valence electrons. The molecular weight excluding hydrogens is 279 g/mol. The number of rotatable bonds is 1. The molecule has 0 amide bonds. The van der Waals surface area contributed by atoms with Crippen LogP contribution in [-0.4, -0.2) is 18.8 Å². The van der Waals surface area contributed by atoms with E-state index in [1.54, 1.807) is 0 Å². The Bertz CT molecular complexity index is 420. The first kappa shape index (κ1) is 13.1. The largest absolute Gasteiger partial charge is 0.494 e. The Balaban J connectivity index is 2.24. The molecule has 1 atom stereocenters. The van der Waals surface area contributed by atoms with Gasteiger partial charge in [-0.1, -0.05) is 28.1 Å². The van der Waals surface area contributed by atoms with E-state index in [9.17, 15) is 0 Å². The molecule has 2 nitrogen and oxygen atoms in total. The van der Waals surface area contributed by atoms with Crippen molar-refractivity contribution in [1.29, 1.82) is 0 Å². The van der Waals surface area contributed by atoms with Crippen LogP contribution in [-0.2, 0) is 9.31 Å². The predicted molar refractivity (Wildman–Crippen MR) is 74.6 cm³/mol. The highest BCUT2D eigenvalue weighted by molar-refractivity contribution is 9.10. The Labute approximate surface area is 112 Å². The fourth-order valence-electron chi connectivity index (χ4n) is 2.28. The average molecular weight is 297 g/mol. The van der Waals surface area contributed by atoms with Crippen molar-refractivity contribution >= 4 is 28.5 Å². The molecule has 0 unspecified atom stereocenters. The Hall–Kier alpha value is -0.315. The van der Waals surface area contributed by atoms with Gasteiger partial charge in [0.05, 0.1) is 5.60 Å². The van der Waals surface area contributed by atoms with E-state index in [0.717, 1.165) is 16.4 Å². The van der Waals surface area contributed by atoms with Crippen molar-refractivity contribution in [3.05, 3.63) is 28.2 Å². The second-order valence-corrected chi connectivity index (χ2v) is 6.22. The zero-order valence-corrected chi connectivity index (χ0v) is 12.4. The lowest BCUT2D eigenvalue weighted by Gasteiger charge is -2.38. The number of hydrogen-bond acceptors (Lipinski definition) is 2. The van der Waals surface area contributed by atoms with Crippen LogP contribution in [0.2, 0.25) is 0 Å². The van der Waals surface area contributed by atoms with Crippen LogP contribution in [0.15, 0.2) is 22.7 Å². The van der Waals surface area contributed by atoms with Crippen LogP contribution >= 0.6 is 15.9 Å². The van der Waals surface area contributed by atoms with E-state index in [-0.39, 0.29) is 18.8 Å². The normalized spacial score (nSPS) is 23.8. The molecule has 1 aromatic carbocycles. The summed E-state index contributed by atoms with van der Waals surface area (Å²) in [5, 5.41) is 0. The molecule has 0 aromatic heterocycles. The van der Waals surface area contributed by atoms with Crippen molar-refractivity contribution in [2.24, 2.45) is 0 Å². The molecule has 2 rings (SSSR count). The fourth-order valence-corrected chi connectivity index (χ4v) is 2.52. The van der Waals surface area contributed by atoms with Gasteiger partial charge >= 0.3 is 7.12 Å². The Morgan fingerprint density at radius 1 is 1.41 bits per heavy atom. The van der Waals surface area contributed by atoms with Crippen LogP contribution in [0.5, 0.6) is 0 Å². The molecule has 0 aliphatic carbocycles. The Morgan fingerprint density at radius 2 is 2.12 bits per heavy atom. The van der Waals surface area contributed by atoms with Gasteiger partial charge in [-0.25, -0.2) is 0 Å². The topological polar surface area (TPSA) is 18.5 Å². The van der Waals surface area contributed by atoms with Gasteiger partial charge < -0.3 is 9.31 Å². The average Bonchev–Trinajstić information content (AvgIpc) is 2.19. The molecule has 0 saturated carbocycles. The van der Waals surface area contributed by atoms with Crippen LogP contribution in [0.4, 0.5) is 0 Å². The number of benzene rings is 1. The molecule has 4 heteroatoms. The Morgan fingerprint density at radius 3 is 2.71 bits per heavy atom. The third-order valence-electron chi connectivity index (χ3n) is 3.02. The summed E-state index contributed by atoms with van der Waals surface area (Å²) in [6.45, 7) is 8.41. The quantitative estimate of drug-likeness (QED) is 0.742. The molecule has 1 heterocycles. The van der Waals surface area contributed by atoms with Gasteiger partial charge in [0.1, 0.15) is 0 Å². The predicted octanol–water partition coefficient (Wildman–Crippen LogP) is 3.06. The maximum atomic E-state index is 5.99. The van der Waals surface area contributed by atoms with Gasteiger partial charge in [0.25, 0.3) is 0 Å². The highest BCUT2D eigenvalue weighted by atomic mass is 79.9. The SMILES string of the molecule is Cc1cc(B2O[C@H](C)CC(C)(C)O2)ccc1Br. The Kier molecular flexibility index (Phi) is 3.67. The van der Waals surface area contributed by atoms with Crippen molar-refractivity contribution in [1.82, 2.24) is 0 Å².